The molecule has 2 heterocycles. The first kappa shape index (κ1) is 47.2. The number of benzene rings is 11. The molecule has 0 atom stereocenters. The van der Waals surface area contributed by atoms with Crippen molar-refractivity contribution < 1.29 is 0 Å². The van der Waals surface area contributed by atoms with E-state index >= 15 is 0 Å². The minimum Gasteiger partial charge on any atom is -0.384 e. The number of nitrogens with zero attached hydrogens (tertiary/aromatic N) is 3. The largest absolute Gasteiger partial charge is 0.384 e. The smallest absolute Gasteiger partial charge is 0.123 e. The van der Waals surface area contributed by atoms with Crippen LogP contribution in [0, 0.1) is 12.3 Å². The Balaban J connectivity index is 0.000000219. The van der Waals surface area contributed by atoms with Gasteiger partial charge in [0.1, 0.15) is 5.84 Å². The molecule has 0 saturated heterocycles. The molecular formula is C71H55N5. The predicted octanol–water partition coefficient (Wildman–Crippen LogP) is 17.4. The van der Waals surface area contributed by atoms with Crippen LogP contribution in [0.5, 0.6) is 0 Å². The SMILES string of the molecule is C=NCc1ccc(-c2ccccc2)cc1.Cc1ccccc1.N=C(N)c1cccc2c1-c1cc(-c3ccc4c(c3)c3ccccc3n4-c3ccccc3)ccc1C21c2ccccc2N(c2ccccc2)c2ccccc21. The minimum atomic E-state index is -0.625. The zero-order valence-corrected chi connectivity index (χ0v) is 42.3. The van der Waals surface area contributed by atoms with Gasteiger partial charge in [-0.15, -0.1) is 0 Å². The van der Waals surface area contributed by atoms with Crippen molar-refractivity contribution in [2.24, 2.45) is 10.7 Å². The number of para-hydroxylation sites is 5. The van der Waals surface area contributed by atoms with Gasteiger partial charge in [-0.05, 0) is 136 Å². The van der Waals surface area contributed by atoms with Crippen LogP contribution in [-0.2, 0) is 12.0 Å². The summed E-state index contributed by atoms with van der Waals surface area (Å²) in [5.41, 5.74) is 27.6. The number of aliphatic imine (C=N–C) groups is 1. The van der Waals surface area contributed by atoms with Gasteiger partial charge >= 0.3 is 0 Å². The summed E-state index contributed by atoms with van der Waals surface area (Å²) in [5, 5.41) is 11.2. The summed E-state index contributed by atoms with van der Waals surface area (Å²) in [4.78, 5) is 6.25. The second-order valence-corrected chi connectivity index (χ2v) is 19.4. The third kappa shape index (κ3) is 8.25. The zero-order valence-electron chi connectivity index (χ0n) is 42.3. The van der Waals surface area contributed by atoms with Gasteiger partial charge < -0.3 is 15.2 Å². The molecule has 5 nitrogen and oxygen atoms in total. The number of nitrogen functional groups attached to an aromatic ring is 1. The fourth-order valence-electron chi connectivity index (χ4n) is 11.6. The fourth-order valence-corrected chi connectivity index (χ4v) is 11.6. The average Bonchev–Trinajstić information content (AvgIpc) is 4.17. The summed E-state index contributed by atoms with van der Waals surface area (Å²) in [7, 11) is 0. The first-order valence-corrected chi connectivity index (χ1v) is 25.8. The standard InChI is InChI=1S/C50H34N4.C14H13N.C7H8/c51-49(52)37-19-13-22-43-48(37)39-31-32(33-27-29-45-38(30-33)36-18-7-10-23-44(36)53(45)34-14-3-1-4-15-34)26-28-40(39)50(43)41-20-8-11-24-46(41)54(35-16-5-2-6-17-35)47-25-12-9-21-42(47)50;1-15-11-12-7-9-14(10-8-12)13-5-3-2-4-6-13;1-7-5-3-2-4-6-7/h1-31H,(H3,51,52);2-10H,1,11H2;2-6H,1H3. The number of hydrogen-bond acceptors (Lipinski definition) is 3. The topological polar surface area (TPSA) is 70.4 Å². The van der Waals surface area contributed by atoms with Crippen LogP contribution in [0.2, 0.25) is 0 Å². The van der Waals surface area contributed by atoms with Gasteiger partial charge in [-0.2, -0.15) is 0 Å². The number of amidine groups is 1. The van der Waals surface area contributed by atoms with Crippen molar-refractivity contribution in [3.8, 4) is 39.1 Å². The number of fused-ring (bicyclic) bond motifs is 12. The Hall–Kier alpha value is -9.84. The molecule has 11 aromatic carbocycles. The van der Waals surface area contributed by atoms with Crippen LogP contribution in [0.25, 0.3) is 60.9 Å². The maximum absolute atomic E-state index is 8.81. The molecule has 0 unspecified atom stereocenters. The molecule has 3 N–H and O–H groups in total. The Bertz CT molecular complexity index is 4020. The van der Waals surface area contributed by atoms with E-state index in [1.54, 1.807) is 0 Å². The van der Waals surface area contributed by atoms with Gasteiger partial charge in [-0.3, -0.25) is 10.4 Å². The molecule has 0 amide bonds. The van der Waals surface area contributed by atoms with E-state index in [0.29, 0.717) is 6.54 Å². The van der Waals surface area contributed by atoms with Crippen molar-refractivity contribution in [1.29, 1.82) is 5.41 Å². The molecule has 14 rings (SSSR count). The summed E-state index contributed by atoms with van der Waals surface area (Å²) in [5.74, 6) is 0.0682. The minimum absolute atomic E-state index is 0.0682. The number of aromatic nitrogens is 1. The fraction of sp³-hybridized carbons (Fsp3) is 0.0423. The van der Waals surface area contributed by atoms with Gasteiger partial charge in [0.05, 0.1) is 34.4 Å². The first-order chi connectivity index (χ1) is 37.4. The number of nitrogens with two attached hydrogens (primary N) is 1. The monoisotopic (exact) mass is 977 g/mol. The van der Waals surface area contributed by atoms with Crippen molar-refractivity contribution in [3.63, 3.8) is 0 Å². The van der Waals surface area contributed by atoms with E-state index in [4.69, 9.17) is 11.1 Å². The lowest BCUT2D eigenvalue weighted by Gasteiger charge is -2.45. The van der Waals surface area contributed by atoms with Gasteiger partial charge in [0.15, 0.2) is 0 Å². The quantitative estimate of drug-likeness (QED) is 0.123. The number of anilines is 3. The molecule has 0 bridgehead atoms. The van der Waals surface area contributed by atoms with E-state index in [2.05, 4.69) is 271 Å². The normalized spacial score (nSPS) is 12.3. The average molecular weight is 978 g/mol. The third-order valence-electron chi connectivity index (χ3n) is 14.9. The predicted molar refractivity (Wildman–Crippen MR) is 319 cm³/mol. The molecule has 0 radical (unpaired) electrons. The van der Waals surface area contributed by atoms with Crippen molar-refractivity contribution >= 4 is 51.4 Å². The van der Waals surface area contributed by atoms with Gasteiger partial charge in [0.25, 0.3) is 0 Å². The lowest BCUT2D eigenvalue weighted by atomic mass is 9.64. The number of hydrogen-bond donors (Lipinski definition) is 2. The summed E-state index contributed by atoms with van der Waals surface area (Å²) in [6.07, 6.45) is 0. The molecular weight excluding hydrogens is 923 g/mol. The second-order valence-electron chi connectivity index (χ2n) is 19.4. The van der Waals surface area contributed by atoms with E-state index in [-0.39, 0.29) is 5.84 Å². The van der Waals surface area contributed by atoms with Gasteiger partial charge in [-0.1, -0.05) is 218 Å². The van der Waals surface area contributed by atoms with E-state index in [0.717, 1.165) is 56.1 Å². The maximum atomic E-state index is 8.81. The zero-order chi connectivity index (χ0) is 51.6. The second kappa shape index (κ2) is 20.2. The molecule has 0 fully saturated rings. The number of rotatable bonds is 7. The van der Waals surface area contributed by atoms with Crippen LogP contribution < -0.4 is 10.6 Å². The third-order valence-corrected chi connectivity index (χ3v) is 14.9. The Morgan fingerprint density at radius 1 is 0.461 bits per heavy atom. The Labute approximate surface area is 444 Å². The molecule has 12 aromatic rings. The number of nitrogens with one attached hydrogen (secondary N) is 1. The van der Waals surface area contributed by atoms with Crippen molar-refractivity contribution in [1.82, 2.24) is 4.57 Å². The number of aryl methyl sites for hydroxylation is 1. The van der Waals surface area contributed by atoms with Gasteiger partial charge in [-0.25, -0.2) is 0 Å². The highest BCUT2D eigenvalue weighted by Crippen LogP contribution is 2.64. The van der Waals surface area contributed by atoms with Crippen LogP contribution in [0.4, 0.5) is 17.1 Å². The van der Waals surface area contributed by atoms with Gasteiger partial charge in [0, 0.05) is 27.7 Å². The van der Waals surface area contributed by atoms with Crippen molar-refractivity contribution in [2.45, 2.75) is 18.9 Å². The van der Waals surface area contributed by atoms with Crippen LogP contribution in [0.3, 0.4) is 0 Å². The van der Waals surface area contributed by atoms with E-state index in [1.165, 1.54) is 60.8 Å². The molecule has 1 aliphatic heterocycles. The van der Waals surface area contributed by atoms with Crippen molar-refractivity contribution in [3.05, 3.63) is 312 Å². The Kier molecular flexibility index (Phi) is 12.6. The summed E-state index contributed by atoms with van der Waals surface area (Å²) in [6, 6.07) is 96.6. The maximum Gasteiger partial charge on any atom is 0.123 e. The van der Waals surface area contributed by atoms with Crippen LogP contribution in [0.1, 0.15) is 38.9 Å². The van der Waals surface area contributed by atoms with Crippen molar-refractivity contribution in [2.75, 3.05) is 4.90 Å². The highest BCUT2D eigenvalue weighted by atomic mass is 15.2. The van der Waals surface area contributed by atoms with Crippen LogP contribution in [0.15, 0.2) is 278 Å². The molecule has 2 aliphatic rings. The van der Waals surface area contributed by atoms with Crippen LogP contribution in [-0.4, -0.2) is 17.1 Å². The lowest BCUT2D eigenvalue weighted by Crippen LogP contribution is -2.36. The summed E-state index contributed by atoms with van der Waals surface area (Å²) in [6.45, 7) is 6.26. The Morgan fingerprint density at radius 2 is 0.974 bits per heavy atom. The first-order valence-electron chi connectivity index (χ1n) is 25.8. The lowest BCUT2D eigenvalue weighted by molar-refractivity contribution is 0.752. The molecule has 5 heteroatoms. The van der Waals surface area contributed by atoms with E-state index < -0.39 is 5.41 Å². The molecule has 364 valence electrons. The molecule has 1 aliphatic carbocycles. The Morgan fingerprint density at radius 3 is 1.61 bits per heavy atom. The molecule has 76 heavy (non-hydrogen) atoms. The highest BCUT2D eigenvalue weighted by Gasteiger charge is 2.52. The molecule has 1 spiro atoms. The van der Waals surface area contributed by atoms with Gasteiger partial charge in [0.2, 0.25) is 0 Å². The van der Waals surface area contributed by atoms with E-state index in [1.807, 2.05) is 30.3 Å². The van der Waals surface area contributed by atoms with E-state index in [9.17, 15) is 0 Å². The molecule has 1 aromatic heterocycles. The summed E-state index contributed by atoms with van der Waals surface area (Å²) < 4.78 is 2.35. The molecule has 0 saturated carbocycles. The summed E-state index contributed by atoms with van der Waals surface area (Å²) >= 11 is 0. The highest BCUT2D eigenvalue weighted by molar-refractivity contribution is 6.11. The van der Waals surface area contributed by atoms with Crippen LogP contribution >= 0.6 is 0 Å².